The number of rotatable bonds is 3. The predicted octanol–water partition coefficient (Wildman–Crippen LogP) is 2.02. The molecule has 1 heterocycles. The average Bonchev–Trinajstić information content (AvgIpc) is 2.61. The largest absolute Gasteiger partial charge is 0.409 e. The number of carbonyl (C=O) groups excluding carboxylic acids is 1. The van der Waals surface area contributed by atoms with Crippen molar-refractivity contribution in [2.45, 2.75) is 6.04 Å². The molecule has 0 bridgehead atoms. The first-order valence-corrected chi connectivity index (χ1v) is 7.34. The van der Waals surface area contributed by atoms with Gasteiger partial charge in [-0.2, -0.15) is 0 Å². The lowest BCUT2D eigenvalue weighted by Crippen LogP contribution is -2.44. The van der Waals surface area contributed by atoms with Gasteiger partial charge >= 0.3 is 0 Å². The van der Waals surface area contributed by atoms with Crippen LogP contribution in [0.4, 0.5) is 10.1 Å². The van der Waals surface area contributed by atoms with E-state index in [1.165, 1.54) is 17.0 Å². The van der Waals surface area contributed by atoms with E-state index in [-0.39, 0.29) is 30.0 Å². The highest BCUT2D eigenvalue weighted by Crippen LogP contribution is 2.31. The quantitative estimate of drug-likeness (QED) is 0.390. The molecule has 24 heavy (non-hydrogen) atoms. The van der Waals surface area contributed by atoms with E-state index in [9.17, 15) is 9.18 Å². The van der Waals surface area contributed by atoms with Gasteiger partial charge in [-0.25, -0.2) is 4.39 Å². The van der Waals surface area contributed by atoms with Crippen LogP contribution in [0.5, 0.6) is 0 Å². The number of halogens is 1. The molecule has 1 saturated heterocycles. The van der Waals surface area contributed by atoms with Gasteiger partial charge in [0.1, 0.15) is 12.4 Å². The van der Waals surface area contributed by atoms with E-state index in [0.29, 0.717) is 12.3 Å². The van der Waals surface area contributed by atoms with Crippen LogP contribution in [0.15, 0.2) is 53.7 Å². The zero-order valence-corrected chi connectivity index (χ0v) is 12.7. The van der Waals surface area contributed by atoms with Crippen LogP contribution in [0, 0.1) is 5.82 Å². The van der Waals surface area contributed by atoms with Gasteiger partial charge in [0.2, 0.25) is 0 Å². The molecular weight excluding hydrogens is 313 g/mol. The molecule has 1 atom stereocenters. The van der Waals surface area contributed by atoms with Gasteiger partial charge in [0, 0.05) is 5.69 Å². The second-order valence-electron chi connectivity index (χ2n) is 5.35. The third-order valence-corrected chi connectivity index (χ3v) is 3.88. The molecule has 1 aliphatic rings. The van der Waals surface area contributed by atoms with Crippen molar-refractivity contribution in [1.82, 2.24) is 0 Å². The average molecular weight is 329 g/mol. The molecule has 3 N–H and O–H groups in total. The Bertz CT molecular complexity index is 780. The van der Waals surface area contributed by atoms with Crippen molar-refractivity contribution in [2.24, 2.45) is 10.9 Å². The molecule has 2 aromatic carbocycles. The van der Waals surface area contributed by atoms with Gasteiger partial charge in [-0.3, -0.25) is 4.79 Å². The van der Waals surface area contributed by atoms with E-state index >= 15 is 0 Å². The topological polar surface area (TPSA) is 88.2 Å². The van der Waals surface area contributed by atoms with Gasteiger partial charge in [-0.1, -0.05) is 35.5 Å². The molecule has 6 nitrogen and oxygen atoms in total. The molecule has 0 aliphatic carbocycles. The molecule has 7 heteroatoms. The molecule has 2 aromatic rings. The number of oxime groups is 1. The van der Waals surface area contributed by atoms with E-state index in [1.807, 2.05) is 30.3 Å². The van der Waals surface area contributed by atoms with Gasteiger partial charge < -0.3 is 20.6 Å². The van der Waals surface area contributed by atoms with Crippen LogP contribution in [0.25, 0.3) is 0 Å². The fraction of sp³-hybridized carbons (Fsp3) is 0.176. The number of nitrogens with zero attached hydrogens (tertiary/aromatic N) is 2. The van der Waals surface area contributed by atoms with E-state index in [1.54, 1.807) is 6.07 Å². The second kappa shape index (κ2) is 6.67. The Kier molecular flexibility index (Phi) is 4.43. The number of benzene rings is 2. The van der Waals surface area contributed by atoms with Crippen LogP contribution < -0.4 is 10.6 Å². The minimum atomic E-state index is -0.672. The Morgan fingerprint density at radius 2 is 2.04 bits per heavy atom. The summed E-state index contributed by atoms with van der Waals surface area (Å²) in [5, 5.41) is 11.5. The number of amides is 1. The Balaban J connectivity index is 2.01. The number of ether oxygens (including phenoxy) is 1. The fourth-order valence-electron chi connectivity index (χ4n) is 2.74. The van der Waals surface area contributed by atoms with Gasteiger partial charge in [0.15, 0.2) is 5.84 Å². The second-order valence-corrected chi connectivity index (χ2v) is 5.35. The van der Waals surface area contributed by atoms with Crippen molar-refractivity contribution in [3.05, 3.63) is 65.5 Å². The number of hydrogen-bond acceptors (Lipinski definition) is 4. The first-order valence-electron chi connectivity index (χ1n) is 7.34. The molecule has 124 valence electrons. The van der Waals surface area contributed by atoms with Gasteiger partial charge in [-0.05, 0) is 23.8 Å². The van der Waals surface area contributed by atoms with Crippen molar-refractivity contribution in [3.63, 3.8) is 0 Å². The maximum atomic E-state index is 14.3. The lowest BCUT2D eigenvalue weighted by molar-refractivity contribution is -0.127. The molecule has 1 aliphatic heterocycles. The highest BCUT2D eigenvalue weighted by atomic mass is 19.1. The third-order valence-electron chi connectivity index (χ3n) is 3.88. The molecule has 3 rings (SSSR count). The summed E-state index contributed by atoms with van der Waals surface area (Å²) in [7, 11) is 0. The molecule has 0 unspecified atom stereocenters. The van der Waals surface area contributed by atoms with E-state index in [4.69, 9.17) is 15.7 Å². The number of morpholine rings is 1. The highest BCUT2D eigenvalue weighted by molar-refractivity contribution is 5.99. The van der Waals surface area contributed by atoms with Crippen molar-refractivity contribution in [2.75, 3.05) is 18.1 Å². The first-order chi connectivity index (χ1) is 11.6. The summed E-state index contributed by atoms with van der Waals surface area (Å²) in [6.07, 6.45) is 0. The van der Waals surface area contributed by atoms with E-state index in [2.05, 4.69) is 5.16 Å². The summed E-state index contributed by atoms with van der Waals surface area (Å²) in [6, 6.07) is 13.2. The minimum absolute atomic E-state index is 0.0294. The zero-order chi connectivity index (χ0) is 17.1. The van der Waals surface area contributed by atoms with Crippen LogP contribution in [0.1, 0.15) is 17.2 Å². The number of nitrogens with two attached hydrogens (primary N) is 1. The van der Waals surface area contributed by atoms with Crippen molar-refractivity contribution in [1.29, 1.82) is 0 Å². The zero-order valence-electron chi connectivity index (χ0n) is 12.7. The summed E-state index contributed by atoms with van der Waals surface area (Å²) in [6.45, 7) is 0.256. The normalized spacial score (nSPS) is 18.7. The standard InChI is InChI=1S/C17H16FN3O3/c18-14-8-12(6-7-13(14)17(19)20-23)21-15(9-24-10-16(21)22)11-4-2-1-3-5-11/h1-8,15,23H,9-10H2,(H2,19,20)/t15-/m0/s1. The molecule has 0 spiro atoms. The van der Waals surface area contributed by atoms with Crippen molar-refractivity contribution in [3.8, 4) is 0 Å². The van der Waals surface area contributed by atoms with Gasteiger partial charge in [0.25, 0.3) is 5.91 Å². The lowest BCUT2D eigenvalue weighted by Gasteiger charge is -2.36. The smallest absolute Gasteiger partial charge is 0.253 e. The summed E-state index contributed by atoms with van der Waals surface area (Å²) >= 11 is 0. The maximum absolute atomic E-state index is 14.3. The number of carbonyl (C=O) groups is 1. The van der Waals surface area contributed by atoms with E-state index < -0.39 is 5.82 Å². The molecule has 0 aromatic heterocycles. The number of hydrogen-bond donors (Lipinski definition) is 2. The van der Waals surface area contributed by atoms with Crippen LogP contribution in [0.3, 0.4) is 0 Å². The van der Waals surface area contributed by atoms with Crippen LogP contribution in [-0.2, 0) is 9.53 Å². The summed E-state index contributed by atoms with van der Waals surface area (Å²) < 4.78 is 19.6. The van der Waals surface area contributed by atoms with Gasteiger partial charge in [-0.15, -0.1) is 0 Å². The molecular formula is C17H16FN3O3. The Hall–Kier alpha value is -2.93. The SMILES string of the molecule is N/C(=N\O)c1ccc(N2C(=O)COC[C@H]2c2ccccc2)cc1F. The Labute approximate surface area is 137 Å². The fourth-order valence-corrected chi connectivity index (χ4v) is 2.74. The Morgan fingerprint density at radius 3 is 2.71 bits per heavy atom. The maximum Gasteiger partial charge on any atom is 0.253 e. The Morgan fingerprint density at radius 1 is 1.29 bits per heavy atom. The number of anilines is 1. The first kappa shape index (κ1) is 15.9. The van der Waals surface area contributed by atoms with Crippen LogP contribution in [-0.4, -0.2) is 30.2 Å². The highest BCUT2D eigenvalue weighted by Gasteiger charge is 2.31. The van der Waals surface area contributed by atoms with Gasteiger partial charge in [0.05, 0.1) is 18.2 Å². The van der Waals surface area contributed by atoms with Crippen molar-refractivity contribution >= 4 is 17.4 Å². The summed E-state index contributed by atoms with van der Waals surface area (Å²) in [5.74, 6) is -1.26. The molecule has 1 amide bonds. The molecule has 1 fully saturated rings. The van der Waals surface area contributed by atoms with Crippen molar-refractivity contribution < 1.29 is 19.1 Å². The summed E-state index contributed by atoms with van der Waals surface area (Å²) in [4.78, 5) is 13.9. The van der Waals surface area contributed by atoms with Crippen LogP contribution >= 0.6 is 0 Å². The minimum Gasteiger partial charge on any atom is -0.409 e. The molecule has 0 radical (unpaired) electrons. The predicted molar refractivity (Wildman–Crippen MR) is 86.4 cm³/mol. The van der Waals surface area contributed by atoms with E-state index in [0.717, 1.165) is 5.56 Å². The monoisotopic (exact) mass is 329 g/mol. The number of amidine groups is 1. The van der Waals surface area contributed by atoms with Crippen LogP contribution in [0.2, 0.25) is 0 Å². The lowest BCUT2D eigenvalue weighted by atomic mass is 10.0. The summed E-state index contributed by atoms with van der Waals surface area (Å²) in [5.41, 5.74) is 6.69. The molecule has 0 saturated carbocycles. The third kappa shape index (κ3) is 2.93.